The molecular formula is C62H51ClF4N10O6S2. The van der Waals surface area contributed by atoms with Crippen LogP contribution < -0.4 is 0 Å². The molecule has 0 radical (unpaired) electrons. The maximum Gasteiger partial charge on any atom is 0.340 e. The fourth-order valence-corrected chi connectivity index (χ4v) is 11.0. The number of halogens is 5. The fourth-order valence-electron chi connectivity index (χ4n) is 8.97. The lowest BCUT2D eigenvalue weighted by molar-refractivity contribution is -0.148. The molecule has 23 heteroatoms. The van der Waals surface area contributed by atoms with Gasteiger partial charge in [0.1, 0.15) is 59.8 Å². The number of esters is 2. The maximum atomic E-state index is 15.6. The van der Waals surface area contributed by atoms with Crippen LogP contribution in [0.3, 0.4) is 0 Å². The molecule has 0 aliphatic carbocycles. The van der Waals surface area contributed by atoms with Gasteiger partial charge >= 0.3 is 11.9 Å². The van der Waals surface area contributed by atoms with E-state index in [1.54, 1.807) is 91.9 Å². The van der Waals surface area contributed by atoms with Crippen LogP contribution in [0.2, 0.25) is 0 Å². The van der Waals surface area contributed by atoms with Gasteiger partial charge in [-0.3, -0.25) is 0 Å². The van der Waals surface area contributed by atoms with Crippen molar-refractivity contribution in [2.45, 2.75) is 63.8 Å². The Balaban J connectivity index is 0.000000191. The van der Waals surface area contributed by atoms with Crippen molar-refractivity contribution in [3.05, 3.63) is 247 Å². The van der Waals surface area contributed by atoms with Gasteiger partial charge in [-0.2, -0.15) is 20.7 Å². The normalized spacial score (nSPS) is 13.0. The molecule has 4 atom stereocenters. The number of hydrogen-bond acceptors (Lipinski definition) is 16. The molecule has 10 rings (SSSR count). The molecule has 0 spiro atoms. The number of benzene rings is 6. The third kappa shape index (κ3) is 15.3. The Morgan fingerprint density at radius 1 is 0.635 bits per heavy atom. The highest BCUT2D eigenvalue weighted by molar-refractivity contribution is 7.10. The number of hydrogen-bond donors (Lipinski definition) is 1. The highest BCUT2D eigenvalue weighted by atomic mass is 35.5. The van der Waals surface area contributed by atoms with Crippen molar-refractivity contribution in [3.63, 3.8) is 0 Å². The van der Waals surface area contributed by atoms with Crippen LogP contribution in [-0.4, -0.2) is 69.4 Å². The van der Waals surface area contributed by atoms with E-state index in [1.807, 2.05) is 43.7 Å². The van der Waals surface area contributed by atoms with E-state index >= 15 is 4.39 Å². The summed E-state index contributed by atoms with van der Waals surface area (Å²) in [6, 6.07) is 38.5. The zero-order valence-electron chi connectivity index (χ0n) is 45.8. The first-order valence-corrected chi connectivity index (χ1v) is 28.1. The van der Waals surface area contributed by atoms with Crippen LogP contribution in [0.25, 0.3) is 22.5 Å². The number of nitriles is 2. The summed E-state index contributed by atoms with van der Waals surface area (Å²) in [5.41, 5.74) is 3.48. The topological polar surface area (TPSA) is 217 Å². The molecule has 0 aliphatic rings. The molecule has 4 heterocycles. The van der Waals surface area contributed by atoms with E-state index in [-0.39, 0.29) is 36.3 Å². The van der Waals surface area contributed by atoms with E-state index in [1.165, 1.54) is 69.5 Å². The minimum absolute atomic E-state index is 0.0358. The zero-order valence-corrected chi connectivity index (χ0v) is 48.2. The summed E-state index contributed by atoms with van der Waals surface area (Å²) in [7, 11) is 0. The molecule has 10 aromatic rings. The molecule has 0 aliphatic heterocycles. The molecule has 6 aromatic carbocycles. The largest absolute Gasteiger partial charge is 0.446 e. The van der Waals surface area contributed by atoms with Crippen LogP contribution in [-0.2, 0) is 38.5 Å². The number of alkyl halides is 1. The number of aryl methyl sites for hydroxylation is 2. The summed E-state index contributed by atoms with van der Waals surface area (Å²) in [4.78, 5) is 41.2. The molecule has 432 valence electrons. The molecule has 85 heavy (non-hydrogen) atoms. The van der Waals surface area contributed by atoms with Crippen molar-refractivity contribution in [2.24, 2.45) is 0 Å². The minimum Gasteiger partial charge on any atom is -0.446 e. The number of nitrogens with zero attached hydrogens (tertiary/aromatic N) is 10. The van der Waals surface area contributed by atoms with Crippen molar-refractivity contribution in [1.29, 1.82) is 10.5 Å². The number of thiazole rings is 2. The smallest absolute Gasteiger partial charge is 0.340 e. The first kappa shape index (κ1) is 61.8. The maximum absolute atomic E-state index is 15.6. The standard InChI is InChI=1S/C31H25F2N5O3S.C22H17F2N5OS.C9H9ClO2/c1-20-4-3-5-24(12-20)30(39)40-19-41-31(16-38-18-35-17-36-38,26-11-10-25(32)13-27(26)33)21(2)29-37-28(15-42-29)23-8-6-22(14-34)7-9-23;1-14(21-28-20(10-31-21)16-4-2-15(9-25)3-5-16)22(30,11-29-13-26-12-27-29)18-7-6-17(23)8-19(18)24;1-7-3-2-4-8(5-7)9(11)12-6-10/h3-13,15,17-18,21H,16,19H2,1-2H3;2-8,10,12-14,30H,11H2,1H3;2-5H,6H2,1H3/t21-,31?;14-,22?;/m00./s1. The first-order valence-electron chi connectivity index (χ1n) is 25.8. The van der Waals surface area contributed by atoms with E-state index in [9.17, 15) is 27.9 Å². The van der Waals surface area contributed by atoms with E-state index < -0.39 is 59.1 Å². The molecule has 1 N–H and O–H groups in total. The molecule has 4 aromatic heterocycles. The number of ether oxygens (including phenoxy) is 3. The van der Waals surface area contributed by atoms with Crippen molar-refractivity contribution in [2.75, 3.05) is 12.9 Å². The predicted octanol–water partition coefficient (Wildman–Crippen LogP) is 13.0. The van der Waals surface area contributed by atoms with Crippen molar-refractivity contribution < 1.29 is 46.5 Å². The van der Waals surface area contributed by atoms with Crippen LogP contribution in [0.1, 0.15) is 89.8 Å². The average molecular weight is 1210 g/mol. The SMILES string of the molecule is C[C@@H](c1nc(-c2ccc(C#N)cc2)cs1)C(O)(Cn1cncn1)c1ccc(F)cc1F.Cc1cccc(C(=O)OCCl)c1.Cc1cccc(C(=O)OCOC(Cn2cncn2)(c2ccc(F)cc2F)[C@@H](C)c2nc(-c3ccc(C#N)cc3)cs2)c1. The molecule has 0 amide bonds. The van der Waals surface area contributed by atoms with E-state index in [0.29, 0.717) is 43.7 Å². The summed E-state index contributed by atoms with van der Waals surface area (Å²) in [6.07, 6.45) is 5.53. The summed E-state index contributed by atoms with van der Waals surface area (Å²) >= 11 is 7.91. The van der Waals surface area contributed by atoms with Gasteiger partial charge in [-0.15, -0.1) is 22.7 Å². The summed E-state index contributed by atoms with van der Waals surface area (Å²) in [6.45, 7) is 6.64. The van der Waals surface area contributed by atoms with Crippen molar-refractivity contribution in [1.82, 2.24) is 39.5 Å². The number of aliphatic hydroxyl groups is 1. The van der Waals surface area contributed by atoms with Gasteiger partial charge in [-0.1, -0.05) is 97.2 Å². The Hall–Kier alpha value is -9.29. The van der Waals surface area contributed by atoms with Crippen LogP contribution >= 0.6 is 34.3 Å². The van der Waals surface area contributed by atoms with Gasteiger partial charge in [0, 0.05) is 57.0 Å². The van der Waals surface area contributed by atoms with E-state index in [2.05, 4.69) is 42.0 Å². The van der Waals surface area contributed by atoms with Crippen LogP contribution in [0.4, 0.5) is 17.6 Å². The number of aromatic nitrogens is 8. The summed E-state index contributed by atoms with van der Waals surface area (Å²) in [5.74, 6) is -5.44. The molecule has 2 unspecified atom stereocenters. The van der Waals surface area contributed by atoms with Crippen LogP contribution in [0.15, 0.2) is 170 Å². The van der Waals surface area contributed by atoms with E-state index in [4.69, 9.17) is 36.6 Å². The second kappa shape index (κ2) is 28.3. The van der Waals surface area contributed by atoms with Gasteiger partial charge in [0.2, 0.25) is 0 Å². The van der Waals surface area contributed by atoms with Gasteiger partial charge in [0.25, 0.3) is 0 Å². The summed E-state index contributed by atoms with van der Waals surface area (Å²) in [5, 5.41) is 42.8. The Morgan fingerprint density at radius 3 is 1.55 bits per heavy atom. The second-order valence-electron chi connectivity index (χ2n) is 19.2. The van der Waals surface area contributed by atoms with E-state index in [0.717, 1.165) is 46.5 Å². The van der Waals surface area contributed by atoms with Gasteiger partial charge < -0.3 is 19.3 Å². The van der Waals surface area contributed by atoms with Gasteiger partial charge in [0.15, 0.2) is 12.9 Å². The molecule has 0 fully saturated rings. The lowest BCUT2D eigenvalue weighted by Gasteiger charge is -2.38. The molecule has 0 saturated carbocycles. The number of rotatable bonds is 18. The van der Waals surface area contributed by atoms with Gasteiger partial charge in [-0.25, -0.2) is 56.5 Å². The quantitative estimate of drug-likeness (QED) is 0.0366. The second-order valence-corrected chi connectivity index (χ2v) is 21.2. The Bertz CT molecular complexity index is 3970. The predicted molar refractivity (Wildman–Crippen MR) is 310 cm³/mol. The fraction of sp³-hybridized carbons (Fsp3) is 0.194. The highest BCUT2D eigenvalue weighted by Crippen LogP contribution is 2.45. The molecular weight excluding hydrogens is 1160 g/mol. The lowest BCUT2D eigenvalue weighted by Crippen LogP contribution is -2.42. The van der Waals surface area contributed by atoms with Crippen molar-refractivity contribution >= 4 is 46.2 Å². The lowest BCUT2D eigenvalue weighted by atomic mass is 9.81. The Kier molecular flexibility index (Phi) is 20.6. The Labute approximate surface area is 498 Å². The first-order chi connectivity index (χ1) is 40.9. The van der Waals surface area contributed by atoms with Gasteiger partial charge in [-0.05, 0) is 74.5 Å². The third-order valence-electron chi connectivity index (χ3n) is 13.5. The molecule has 0 bridgehead atoms. The monoisotopic (exact) mass is 1210 g/mol. The third-order valence-corrected chi connectivity index (χ3v) is 15.7. The Morgan fingerprint density at radius 2 is 1.11 bits per heavy atom. The number of carbonyl (C=O) groups excluding carboxylic acids is 2. The van der Waals surface area contributed by atoms with Crippen LogP contribution in [0.5, 0.6) is 0 Å². The molecule has 0 saturated heterocycles. The highest BCUT2D eigenvalue weighted by Gasteiger charge is 2.45. The summed E-state index contributed by atoms with van der Waals surface area (Å²) < 4.78 is 77.1. The minimum atomic E-state index is -1.76. The molecule has 16 nitrogen and oxygen atoms in total. The van der Waals surface area contributed by atoms with Gasteiger partial charge in [0.05, 0.1) is 68.9 Å². The van der Waals surface area contributed by atoms with Crippen LogP contribution in [0, 0.1) is 59.8 Å². The average Bonchev–Trinajstić information content (AvgIpc) is 4.19. The van der Waals surface area contributed by atoms with Crippen molar-refractivity contribution in [3.8, 4) is 34.7 Å². The zero-order chi connectivity index (χ0) is 60.7. The number of carbonyl (C=O) groups is 2.